The third kappa shape index (κ3) is 4.11. The Balaban J connectivity index is 1.62. The van der Waals surface area contributed by atoms with Crippen LogP contribution >= 0.6 is 23.2 Å². The second-order valence-electron chi connectivity index (χ2n) is 10.4. The van der Waals surface area contributed by atoms with Gasteiger partial charge in [-0.1, -0.05) is 65.7 Å². The van der Waals surface area contributed by atoms with Gasteiger partial charge < -0.3 is 13.4 Å². The van der Waals surface area contributed by atoms with Crippen LogP contribution < -0.4 is 13.8 Å². The highest BCUT2D eigenvalue weighted by Gasteiger charge is 2.26. The molecule has 0 spiro atoms. The van der Waals surface area contributed by atoms with E-state index in [-0.39, 0.29) is 49.0 Å². The average Bonchev–Trinajstić information content (AvgIpc) is 2.98. The summed E-state index contributed by atoms with van der Waals surface area (Å²) < 4.78 is 77.7. The Morgan fingerprint density at radius 1 is 0.556 bits per heavy atom. The van der Waals surface area contributed by atoms with E-state index in [0.29, 0.717) is 53.6 Å². The first-order valence-corrected chi connectivity index (χ1v) is 16.6. The number of fused-ring (bicyclic) bond motifs is 7. The molecule has 0 radical (unpaired) electrons. The van der Waals surface area contributed by atoms with Crippen LogP contribution in [0.15, 0.2) is 77.6 Å². The molecule has 0 saturated heterocycles. The van der Waals surface area contributed by atoms with E-state index in [1.807, 2.05) is 0 Å². The molecule has 45 heavy (non-hydrogen) atoms. The van der Waals surface area contributed by atoms with Gasteiger partial charge in [0.25, 0.3) is 0 Å². The van der Waals surface area contributed by atoms with Crippen LogP contribution in [0.5, 0.6) is 11.5 Å². The van der Waals surface area contributed by atoms with E-state index in [4.69, 9.17) is 31.6 Å². The topological polar surface area (TPSA) is 160 Å². The molecule has 0 aliphatic carbocycles. The van der Waals surface area contributed by atoms with Gasteiger partial charge in [0, 0.05) is 54.0 Å². The largest absolute Gasteiger partial charge is 0.446 e. The molecular formula is C31H15Cl2NO9S2. The van der Waals surface area contributed by atoms with Gasteiger partial charge in [-0.2, -0.15) is 16.8 Å². The van der Waals surface area contributed by atoms with Crippen molar-refractivity contribution in [3.05, 3.63) is 93.1 Å². The molecule has 7 aromatic carbocycles. The predicted molar refractivity (Wildman–Crippen MR) is 175 cm³/mol. The molecule has 0 aliphatic rings. The minimum absolute atomic E-state index is 0.0396. The zero-order valence-electron chi connectivity index (χ0n) is 22.3. The van der Waals surface area contributed by atoms with E-state index in [1.165, 1.54) is 18.2 Å². The van der Waals surface area contributed by atoms with Crippen molar-refractivity contribution >= 4 is 120 Å². The second kappa shape index (κ2) is 9.30. The molecule has 0 fully saturated rings. The summed E-state index contributed by atoms with van der Waals surface area (Å²) in [6.07, 6.45) is 0. The monoisotopic (exact) mass is 679 g/mol. The van der Waals surface area contributed by atoms with Gasteiger partial charge in [0.05, 0.1) is 20.9 Å². The molecular weight excluding hydrogens is 665 g/mol. The smallest absolute Gasteiger partial charge is 0.360 e. The van der Waals surface area contributed by atoms with Gasteiger partial charge in [-0.15, -0.1) is 0 Å². The molecule has 1 aromatic heterocycles. The van der Waals surface area contributed by atoms with Gasteiger partial charge in [-0.25, -0.2) is 0 Å². The lowest BCUT2D eigenvalue weighted by Gasteiger charge is -2.19. The Bertz CT molecular complexity index is 2920. The third-order valence-electron chi connectivity index (χ3n) is 8.03. The van der Waals surface area contributed by atoms with Crippen LogP contribution in [0.25, 0.3) is 75.7 Å². The van der Waals surface area contributed by atoms with E-state index in [1.54, 1.807) is 54.6 Å². The molecule has 0 saturated carbocycles. The Labute approximate surface area is 262 Å². The van der Waals surface area contributed by atoms with Crippen LogP contribution in [0, 0.1) is 0 Å². The SMILES string of the molecule is O=c1c2ccc(Cl)c(Cl)c2c2ccc3[nH]c4c(ccc5c(OS(=O)(=O)O)c6ccccc6c(OS(=O)(=O)O)c54)c4ccc1c2c34. The summed E-state index contributed by atoms with van der Waals surface area (Å²) in [6.45, 7) is 0. The summed E-state index contributed by atoms with van der Waals surface area (Å²) in [4.78, 5) is 17.0. The van der Waals surface area contributed by atoms with Gasteiger partial charge in [-0.3, -0.25) is 13.9 Å². The molecule has 14 heteroatoms. The minimum atomic E-state index is -5.08. The maximum absolute atomic E-state index is 13.7. The fraction of sp³-hybridized carbons (Fsp3) is 0. The van der Waals surface area contributed by atoms with E-state index in [0.717, 1.165) is 0 Å². The summed E-state index contributed by atoms with van der Waals surface area (Å²) in [7, 11) is -10.1. The van der Waals surface area contributed by atoms with Crippen LogP contribution in [0.3, 0.4) is 0 Å². The lowest BCUT2D eigenvalue weighted by Crippen LogP contribution is -2.10. The number of hydrogen-bond donors (Lipinski definition) is 3. The van der Waals surface area contributed by atoms with Crippen LogP contribution in [-0.2, 0) is 20.8 Å². The molecule has 3 N–H and O–H groups in total. The Hall–Kier alpha value is -4.43. The van der Waals surface area contributed by atoms with E-state index < -0.39 is 20.8 Å². The number of rotatable bonds is 4. The number of H-pyrrole nitrogens is 1. The molecule has 10 nitrogen and oxygen atoms in total. The number of pyridine rings is 1. The molecule has 0 atom stereocenters. The zero-order valence-corrected chi connectivity index (χ0v) is 25.4. The first-order chi connectivity index (χ1) is 21.3. The van der Waals surface area contributed by atoms with Crippen molar-refractivity contribution in [1.29, 1.82) is 0 Å². The molecule has 0 aliphatic heterocycles. The van der Waals surface area contributed by atoms with Gasteiger partial charge in [0.1, 0.15) is 0 Å². The summed E-state index contributed by atoms with van der Waals surface area (Å²) in [5.41, 5.74) is 0.589. The minimum Gasteiger partial charge on any atom is -0.360 e. The van der Waals surface area contributed by atoms with Crippen LogP contribution in [0.2, 0.25) is 10.0 Å². The molecule has 224 valence electrons. The first-order valence-electron chi connectivity index (χ1n) is 13.1. The fourth-order valence-electron chi connectivity index (χ4n) is 6.43. The maximum atomic E-state index is 13.7. The van der Waals surface area contributed by atoms with Crippen molar-refractivity contribution in [2.24, 2.45) is 0 Å². The Kier molecular flexibility index (Phi) is 5.80. The number of benzene rings is 7. The highest BCUT2D eigenvalue weighted by atomic mass is 35.5. The summed E-state index contributed by atoms with van der Waals surface area (Å²) in [5.74, 6) is -0.602. The lowest BCUT2D eigenvalue weighted by molar-refractivity contribution is 0.385. The van der Waals surface area contributed by atoms with Crippen LogP contribution in [-0.4, -0.2) is 30.9 Å². The predicted octanol–water partition coefficient (Wildman–Crippen LogP) is 7.56. The maximum Gasteiger partial charge on any atom is 0.446 e. The molecule has 8 rings (SSSR count). The van der Waals surface area contributed by atoms with Crippen molar-refractivity contribution in [2.75, 3.05) is 0 Å². The van der Waals surface area contributed by atoms with Gasteiger partial charge >= 0.3 is 20.8 Å². The number of halogens is 2. The number of hydrogen-bond acceptors (Lipinski definition) is 7. The van der Waals surface area contributed by atoms with Crippen LogP contribution in [0.1, 0.15) is 0 Å². The standard InChI is InChI=1S/C31H15Cl2NO9S2/c32-21-11-9-19-24(27(21)33)17-10-12-22-25-13(5-7-18(23(17)25)29(19)35)14-6-8-20-26(28(14)34-22)31(43-45(39,40)41)16-4-2-1-3-15(16)30(20)42-44(36,37)38/h1-12,34H,(H,36,37,38)(H,39,40,41). The number of nitrogens with one attached hydrogen (secondary N) is 1. The van der Waals surface area contributed by atoms with Crippen molar-refractivity contribution in [3.8, 4) is 11.5 Å². The van der Waals surface area contributed by atoms with E-state index in [9.17, 15) is 30.7 Å². The van der Waals surface area contributed by atoms with Gasteiger partial charge in [0.2, 0.25) is 0 Å². The zero-order chi connectivity index (χ0) is 31.6. The van der Waals surface area contributed by atoms with Crippen molar-refractivity contribution in [3.63, 3.8) is 0 Å². The van der Waals surface area contributed by atoms with E-state index >= 15 is 0 Å². The fourth-order valence-corrected chi connectivity index (χ4v) is 7.63. The third-order valence-corrected chi connectivity index (χ3v) is 9.59. The number of aromatic nitrogens is 1. The molecule has 1 heterocycles. The van der Waals surface area contributed by atoms with Crippen molar-refractivity contribution in [1.82, 2.24) is 4.98 Å². The lowest BCUT2D eigenvalue weighted by atomic mass is 9.90. The highest BCUT2D eigenvalue weighted by molar-refractivity contribution is 7.81. The van der Waals surface area contributed by atoms with E-state index in [2.05, 4.69) is 4.98 Å². The summed E-state index contributed by atoms with van der Waals surface area (Å²) in [5, 5.41) is 5.36. The quantitative estimate of drug-likeness (QED) is 0.0969. The molecule has 0 unspecified atom stereocenters. The Morgan fingerprint density at radius 2 is 1.11 bits per heavy atom. The molecule has 0 amide bonds. The Morgan fingerprint density at radius 3 is 1.82 bits per heavy atom. The molecule has 8 aromatic rings. The normalized spacial score (nSPS) is 12.9. The number of aromatic amines is 1. The van der Waals surface area contributed by atoms with Crippen LogP contribution in [0.4, 0.5) is 0 Å². The average molecular weight is 680 g/mol. The van der Waals surface area contributed by atoms with Gasteiger partial charge in [-0.05, 0) is 41.1 Å². The summed E-state index contributed by atoms with van der Waals surface area (Å²) in [6, 6.07) is 19.4. The van der Waals surface area contributed by atoms with Crippen molar-refractivity contribution < 1.29 is 34.3 Å². The molecule has 0 bridgehead atoms. The highest BCUT2D eigenvalue weighted by Crippen LogP contribution is 2.48. The van der Waals surface area contributed by atoms with Gasteiger partial charge in [0.15, 0.2) is 16.9 Å². The second-order valence-corrected chi connectivity index (χ2v) is 13.3. The summed E-state index contributed by atoms with van der Waals surface area (Å²) >= 11 is 13.0. The first kappa shape index (κ1) is 28.1. The van der Waals surface area contributed by atoms with Crippen molar-refractivity contribution in [2.45, 2.75) is 0 Å².